The second kappa shape index (κ2) is 14.7. The normalized spacial score (nSPS) is 14.6. The molecule has 0 aliphatic rings. The van der Waals surface area contributed by atoms with Gasteiger partial charge in [-0.2, -0.15) is 11.8 Å². The highest BCUT2D eigenvalue weighted by Crippen LogP contribution is 2.52. The summed E-state index contributed by atoms with van der Waals surface area (Å²) < 4.78 is 23.5. The van der Waals surface area contributed by atoms with Crippen molar-refractivity contribution in [3.63, 3.8) is 0 Å². The van der Waals surface area contributed by atoms with E-state index in [0.717, 1.165) is 11.3 Å². The predicted octanol–water partition coefficient (Wildman–Crippen LogP) is 3.03. The van der Waals surface area contributed by atoms with Gasteiger partial charge in [0, 0.05) is 27.7 Å². The smallest absolute Gasteiger partial charge is 0.346 e. The zero-order valence-corrected chi connectivity index (χ0v) is 21.6. The van der Waals surface area contributed by atoms with Crippen LogP contribution in [0.4, 0.5) is 0 Å². The minimum atomic E-state index is -3.46. The summed E-state index contributed by atoms with van der Waals surface area (Å²) in [6.45, 7) is 4.01. The van der Waals surface area contributed by atoms with Crippen LogP contribution in [-0.2, 0) is 29.6 Å². The number of likely N-dealkylation sites (N-methyl/N-ethyl adjacent to an activating group) is 1. The van der Waals surface area contributed by atoms with Crippen molar-refractivity contribution in [1.82, 2.24) is 16.0 Å². The number of rotatable bonds is 15. The zero-order valence-electron chi connectivity index (χ0n) is 19.9. The van der Waals surface area contributed by atoms with E-state index in [1.54, 1.807) is 18.8 Å². The van der Waals surface area contributed by atoms with E-state index in [4.69, 9.17) is 9.05 Å². The molecule has 3 atom stereocenters. The van der Waals surface area contributed by atoms with Crippen LogP contribution in [0.25, 0.3) is 0 Å². The van der Waals surface area contributed by atoms with Gasteiger partial charge in [0.15, 0.2) is 0 Å². The molecule has 10 heteroatoms. The van der Waals surface area contributed by atoms with Gasteiger partial charge in [-0.1, -0.05) is 44.2 Å². The molecule has 0 aliphatic heterocycles. The Bertz CT molecular complexity index is 742. The molecule has 0 fully saturated rings. The molecule has 1 rings (SSSR count). The van der Waals surface area contributed by atoms with Crippen molar-refractivity contribution in [2.75, 3.05) is 33.3 Å². The van der Waals surface area contributed by atoms with Gasteiger partial charge in [-0.25, -0.2) is 0 Å². The molecular weight excluding hydrogens is 449 g/mol. The molecule has 0 bridgehead atoms. The average Bonchev–Trinajstić information content (AvgIpc) is 2.79. The molecular formula is C22H38N3O5PS. The fraction of sp³-hybridized carbons (Fsp3) is 0.636. The lowest BCUT2D eigenvalue weighted by atomic mass is 10.0. The fourth-order valence-corrected chi connectivity index (χ4v) is 5.46. The Hall–Kier alpha value is -1.38. The van der Waals surface area contributed by atoms with Crippen LogP contribution in [0.15, 0.2) is 30.3 Å². The van der Waals surface area contributed by atoms with Crippen LogP contribution in [0.2, 0.25) is 0 Å². The first kappa shape index (κ1) is 28.7. The highest BCUT2D eigenvalue weighted by atomic mass is 32.2. The number of hydrogen-bond acceptors (Lipinski definition) is 7. The maximum atomic E-state index is 13.3. The van der Waals surface area contributed by atoms with Gasteiger partial charge in [-0.3, -0.25) is 19.5 Å². The van der Waals surface area contributed by atoms with Gasteiger partial charge in [0.25, 0.3) is 0 Å². The van der Waals surface area contributed by atoms with Gasteiger partial charge in [0.2, 0.25) is 11.8 Å². The van der Waals surface area contributed by atoms with Crippen molar-refractivity contribution in [3.8, 4) is 0 Å². The number of carbonyl (C=O) groups excluding carboxylic acids is 2. The molecule has 2 amide bonds. The highest BCUT2D eigenvalue weighted by Gasteiger charge is 2.37. The van der Waals surface area contributed by atoms with Gasteiger partial charge < -0.3 is 19.7 Å². The lowest BCUT2D eigenvalue weighted by molar-refractivity contribution is -0.130. The van der Waals surface area contributed by atoms with Crippen molar-refractivity contribution in [2.24, 2.45) is 5.92 Å². The number of hydrogen-bond donors (Lipinski definition) is 3. The molecule has 0 radical (unpaired) electrons. The van der Waals surface area contributed by atoms with Crippen LogP contribution >= 0.6 is 19.4 Å². The molecule has 0 spiro atoms. The van der Waals surface area contributed by atoms with Gasteiger partial charge >= 0.3 is 7.60 Å². The summed E-state index contributed by atoms with van der Waals surface area (Å²) in [5, 5.41) is 8.72. The Morgan fingerprint density at radius 2 is 1.69 bits per heavy atom. The molecule has 32 heavy (non-hydrogen) atoms. The van der Waals surface area contributed by atoms with Crippen molar-refractivity contribution >= 4 is 31.2 Å². The van der Waals surface area contributed by atoms with E-state index in [2.05, 4.69) is 16.0 Å². The maximum absolute atomic E-state index is 13.3. The quantitative estimate of drug-likeness (QED) is 0.327. The number of benzene rings is 1. The molecule has 1 unspecified atom stereocenters. The lowest BCUT2D eigenvalue weighted by Crippen LogP contribution is -2.55. The Kier molecular flexibility index (Phi) is 13.2. The van der Waals surface area contributed by atoms with Crippen LogP contribution in [0.3, 0.4) is 0 Å². The monoisotopic (exact) mass is 487 g/mol. The SMILES string of the molecule is CNC(=O)C(Cc1ccccc1)NC(=O)[C@H](CC(C)C)N[C@H](CCSC)P(=O)(OC)OC. The number of amides is 2. The Morgan fingerprint density at radius 1 is 1.06 bits per heavy atom. The summed E-state index contributed by atoms with van der Waals surface area (Å²) in [4.78, 5) is 25.8. The van der Waals surface area contributed by atoms with E-state index in [9.17, 15) is 14.2 Å². The molecule has 0 aromatic heterocycles. The average molecular weight is 488 g/mol. The summed E-state index contributed by atoms with van der Waals surface area (Å²) in [5.41, 5.74) is 0.941. The van der Waals surface area contributed by atoms with Crippen molar-refractivity contribution in [1.29, 1.82) is 0 Å². The second-order valence-electron chi connectivity index (χ2n) is 7.92. The summed E-state index contributed by atoms with van der Waals surface area (Å²) in [7, 11) is 0.777. The fourth-order valence-electron chi connectivity index (χ4n) is 3.35. The molecule has 0 heterocycles. The van der Waals surface area contributed by atoms with Gasteiger partial charge in [-0.05, 0) is 36.3 Å². The van der Waals surface area contributed by atoms with Gasteiger partial charge in [0.05, 0.1) is 6.04 Å². The Balaban J connectivity index is 3.09. The zero-order chi connectivity index (χ0) is 24.1. The predicted molar refractivity (Wildman–Crippen MR) is 131 cm³/mol. The van der Waals surface area contributed by atoms with Crippen molar-refractivity contribution < 1.29 is 23.2 Å². The first-order valence-corrected chi connectivity index (χ1v) is 13.7. The van der Waals surface area contributed by atoms with Gasteiger partial charge in [0.1, 0.15) is 11.8 Å². The van der Waals surface area contributed by atoms with E-state index >= 15 is 0 Å². The van der Waals surface area contributed by atoms with E-state index in [0.29, 0.717) is 19.3 Å². The Labute approximate surface area is 196 Å². The lowest BCUT2D eigenvalue weighted by Gasteiger charge is -2.30. The molecule has 1 aromatic carbocycles. The van der Waals surface area contributed by atoms with Crippen LogP contribution in [0.5, 0.6) is 0 Å². The second-order valence-corrected chi connectivity index (χ2v) is 11.3. The van der Waals surface area contributed by atoms with Crippen LogP contribution < -0.4 is 16.0 Å². The third-order valence-electron chi connectivity index (χ3n) is 5.07. The molecule has 0 saturated carbocycles. The number of thioether (sulfide) groups is 1. The molecule has 0 saturated heterocycles. The number of nitrogens with one attached hydrogen (secondary N) is 3. The summed E-state index contributed by atoms with van der Waals surface area (Å²) in [5.74, 6) is -0.331. The molecule has 0 aliphatic carbocycles. The van der Waals surface area contributed by atoms with Crippen molar-refractivity contribution in [2.45, 2.75) is 51.0 Å². The maximum Gasteiger partial charge on any atom is 0.346 e. The van der Waals surface area contributed by atoms with E-state index < -0.39 is 25.5 Å². The minimum absolute atomic E-state index is 0.191. The first-order valence-electron chi connectivity index (χ1n) is 10.7. The molecule has 8 nitrogen and oxygen atoms in total. The summed E-state index contributed by atoms with van der Waals surface area (Å²) in [6.07, 6.45) is 3.33. The summed E-state index contributed by atoms with van der Waals surface area (Å²) in [6, 6.07) is 8.12. The Morgan fingerprint density at radius 3 is 2.19 bits per heavy atom. The van der Waals surface area contributed by atoms with E-state index in [-0.39, 0.29) is 17.7 Å². The molecule has 1 aromatic rings. The van der Waals surface area contributed by atoms with Crippen LogP contribution in [-0.4, -0.2) is 63.0 Å². The molecule has 3 N–H and O–H groups in total. The van der Waals surface area contributed by atoms with Gasteiger partial charge in [-0.15, -0.1) is 0 Å². The standard InChI is InChI=1S/C22H38N3O5PS/c1-16(2)14-18(24-20(12-13-32-6)31(28,29-4)30-5)22(27)25-19(21(26)23-3)15-17-10-8-7-9-11-17/h7-11,16,18-20,24H,12-15H2,1-6H3,(H,23,26)(H,25,27)/t18-,19?,20-/m0/s1. The third-order valence-corrected chi connectivity index (χ3v) is 7.90. The van der Waals surface area contributed by atoms with Crippen LogP contribution in [0, 0.1) is 5.92 Å². The van der Waals surface area contributed by atoms with Crippen molar-refractivity contribution in [3.05, 3.63) is 35.9 Å². The van der Waals surface area contributed by atoms with E-state index in [1.807, 2.05) is 50.4 Å². The minimum Gasteiger partial charge on any atom is -0.357 e. The topological polar surface area (TPSA) is 106 Å². The largest absolute Gasteiger partial charge is 0.357 e. The summed E-state index contributed by atoms with van der Waals surface area (Å²) >= 11 is 1.61. The number of carbonyl (C=O) groups is 2. The first-order chi connectivity index (χ1) is 15.2. The molecule has 182 valence electrons. The van der Waals surface area contributed by atoms with Crippen LogP contribution in [0.1, 0.15) is 32.3 Å². The third kappa shape index (κ3) is 9.24. The van der Waals surface area contributed by atoms with E-state index in [1.165, 1.54) is 14.2 Å². The highest BCUT2D eigenvalue weighted by molar-refractivity contribution is 7.98.